The predicted molar refractivity (Wildman–Crippen MR) is 73.9 cm³/mol. The number of esters is 1. The van der Waals surface area contributed by atoms with Crippen LogP contribution in [0.2, 0.25) is 0 Å². The van der Waals surface area contributed by atoms with Crippen LogP contribution in [0, 0.1) is 0 Å². The van der Waals surface area contributed by atoms with Gasteiger partial charge in [-0.05, 0) is 25.5 Å². The van der Waals surface area contributed by atoms with E-state index in [1.165, 1.54) is 10.9 Å². The first-order valence-electron chi connectivity index (χ1n) is 6.07. The van der Waals surface area contributed by atoms with Gasteiger partial charge in [-0.15, -0.1) is 12.6 Å². The van der Waals surface area contributed by atoms with Crippen LogP contribution in [-0.2, 0) is 11.2 Å². The first-order chi connectivity index (χ1) is 9.17. The second-order valence-corrected chi connectivity index (χ2v) is 4.28. The van der Waals surface area contributed by atoms with Gasteiger partial charge in [0, 0.05) is 5.69 Å². The van der Waals surface area contributed by atoms with Crippen molar-refractivity contribution in [3.05, 3.63) is 35.7 Å². The van der Waals surface area contributed by atoms with Crippen molar-refractivity contribution < 1.29 is 9.53 Å². The molecule has 0 spiro atoms. The second-order valence-electron chi connectivity index (χ2n) is 3.85. The third kappa shape index (κ3) is 2.78. The van der Waals surface area contributed by atoms with Crippen LogP contribution in [0.1, 0.15) is 29.9 Å². The van der Waals surface area contributed by atoms with E-state index < -0.39 is 5.97 Å². The minimum absolute atomic E-state index is 0.320. The van der Waals surface area contributed by atoms with Crippen molar-refractivity contribution in [2.45, 2.75) is 25.3 Å². The lowest BCUT2D eigenvalue weighted by atomic mass is 10.3. The van der Waals surface area contributed by atoms with Gasteiger partial charge in [0.15, 0.2) is 5.82 Å². The third-order valence-electron chi connectivity index (χ3n) is 2.61. The Morgan fingerprint density at radius 1 is 1.42 bits per heavy atom. The minimum Gasteiger partial charge on any atom is -0.462 e. The highest BCUT2D eigenvalue weighted by molar-refractivity contribution is 7.80. The number of rotatable bonds is 4. The summed E-state index contributed by atoms with van der Waals surface area (Å²) in [5.41, 5.74) is 1.30. The van der Waals surface area contributed by atoms with Gasteiger partial charge in [0.2, 0.25) is 0 Å². The van der Waals surface area contributed by atoms with Gasteiger partial charge in [-0.2, -0.15) is 5.10 Å². The van der Waals surface area contributed by atoms with Gasteiger partial charge in [0.25, 0.3) is 0 Å². The number of carbonyl (C=O) groups excluding carboxylic acids is 1. The molecule has 0 fully saturated rings. The SMILES string of the molecule is CCOC(=O)c1cnn(-c2cccc(CC)n2)c1S. The molecule has 0 N–H and O–H groups in total. The first kappa shape index (κ1) is 13.6. The molecule has 0 atom stereocenters. The molecule has 0 aliphatic heterocycles. The van der Waals surface area contributed by atoms with E-state index in [0.29, 0.717) is 23.0 Å². The molecule has 2 heterocycles. The van der Waals surface area contributed by atoms with Crippen LogP contribution in [0.4, 0.5) is 0 Å². The molecule has 0 amide bonds. The number of hydrogen-bond donors (Lipinski definition) is 1. The Balaban J connectivity index is 2.38. The van der Waals surface area contributed by atoms with E-state index in [9.17, 15) is 4.79 Å². The number of carbonyl (C=O) groups is 1. The molecule has 0 saturated heterocycles. The fourth-order valence-electron chi connectivity index (χ4n) is 1.64. The Morgan fingerprint density at radius 3 is 2.89 bits per heavy atom. The van der Waals surface area contributed by atoms with Crippen molar-refractivity contribution in [2.75, 3.05) is 6.61 Å². The maximum atomic E-state index is 11.7. The summed E-state index contributed by atoms with van der Waals surface area (Å²) in [6, 6.07) is 5.67. The number of thiol groups is 1. The molecule has 0 radical (unpaired) electrons. The molecular weight excluding hydrogens is 262 g/mol. The average molecular weight is 277 g/mol. The van der Waals surface area contributed by atoms with E-state index in [4.69, 9.17) is 4.74 Å². The zero-order chi connectivity index (χ0) is 13.8. The van der Waals surface area contributed by atoms with E-state index in [2.05, 4.69) is 22.7 Å². The molecule has 19 heavy (non-hydrogen) atoms. The number of nitrogens with zero attached hydrogens (tertiary/aromatic N) is 3. The van der Waals surface area contributed by atoms with Crippen molar-refractivity contribution >= 4 is 18.6 Å². The maximum Gasteiger partial charge on any atom is 0.342 e. The summed E-state index contributed by atoms with van der Waals surface area (Å²) in [5, 5.41) is 4.57. The molecule has 5 nitrogen and oxygen atoms in total. The van der Waals surface area contributed by atoms with Gasteiger partial charge in [-0.25, -0.2) is 14.5 Å². The molecule has 2 aromatic heterocycles. The molecule has 100 valence electrons. The summed E-state index contributed by atoms with van der Waals surface area (Å²) < 4.78 is 6.46. The highest BCUT2D eigenvalue weighted by atomic mass is 32.1. The van der Waals surface area contributed by atoms with Crippen LogP contribution in [-0.4, -0.2) is 27.3 Å². The molecule has 2 aromatic rings. The number of hydrogen-bond acceptors (Lipinski definition) is 5. The van der Waals surface area contributed by atoms with E-state index in [1.54, 1.807) is 6.92 Å². The van der Waals surface area contributed by atoms with Gasteiger partial charge in [-0.1, -0.05) is 13.0 Å². The van der Waals surface area contributed by atoms with Crippen LogP contribution < -0.4 is 0 Å². The van der Waals surface area contributed by atoms with Crippen molar-refractivity contribution in [1.82, 2.24) is 14.8 Å². The van der Waals surface area contributed by atoms with Crippen molar-refractivity contribution in [2.24, 2.45) is 0 Å². The van der Waals surface area contributed by atoms with Crippen molar-refractivity contribution in [3.8, 4) is 5.82 Å². The Morgan fingerprint density at radius 2 is 2.21 bits per heavy atom. The molecule has 0 aliphatic rings. The van der Waals surface area contributed by atoms with E-state index in [1.807, 2.05) is 25.1 Å². The fraction of sp³-hybridized carbons (Fsp3) is 0.308. The van der Waals surface area contributed by atoms with Gasteiger partial charge in [0.05, 0.1) is 12.8 Å². The Hall–Kier alpha value is -1.82. The number of pyridine rings is 1. The molecule has 0 bridgehead atoms. The van der Waals surface area contributed by atoms with Gasteiger partial charge in [0.1, 0.15) is 10.6 Å². The zero-order valence-corrected chi connectivity index (χ0v) is 11.7. The summed E-state index contributed by atoms with van der Waals surface area (Å²) in [4.78, 5) is 16.1. The lowest BCUT2D eigenvalue weighted by molar-refractivity contribution is 0.0522. The predicted octanol–water partition coefficient (Wildman–Crippen LogP) is 2.30. The third-order valence-corrected chi connectivity index (χ3v) is 3.04. The summed E-state index contributed by atoms with van der Waals surface area (Å²) in [7, 11) is 0. The van der Waals surface area contributed by atoms with E-state index in [0.717, 1.165) is 12.1 Å². The molecule has 0 unspecified atom stereocenters. The van der Waals surface area contributed by atoms with Gasteiger partial charge >= 0.3 is 5.97 Å². The normalized spacial score (nSPS) is 10.5. The van der Waals surface area contributed by atoms with Crippen LogP contribution in [0.25, 0.3) is 5.82 Å². The average Bonchev–Trinajstić information content (AvgIpc) is 2.81. The minimum atomic E-state index is -0.426. The topological polar surface area (TPSA) is 57.0 Å². The molecule has 0 aliphatic carbocycles. The number of aromatic nitrogens is 3. The van der Waals surface area contributed by atoms with Crippen molar-refractivity contribution in [3.63, 3.8) is 0 Å². The van der Waals surface area contributed by atoms with Gasteiger partial charge < -0.3 is 4.74 Å². The summed E-state index contributed by atoms with van der Waals surface area (Å²) >= 11 is 4.33. The molecule has 6 heteroatoms. The standard InChI is InChI=1S/C13H15N3O2S/c1-3-9-6-5-7-11(15-9)16-12(19)10(8-14-16)13(17)18-4-2/h5-8,19H,3-4H2,1-2H3. The summed E-state index contributed by atoms with van der Waals surface area (Å²) in [5.74, 6) is 0.213. The highest BCUT2D eigenvalue weighted by Gasteiger charge is 2.17. The Labute approximate surface area is 117 Å². The van der Waals surface area contributed by atoms with Crippen LogP contribution in [0.5, 0.6) is 0 Å². The molecule has 0 aromatic carbocycles. The zero-order valence-electron chi connectivity index (χ0n) is 10.8. The molecule has 0 saturated carbocycles. The van der Waals surface area contributed by atoms with E-state index in [-0.39, 0.29) is 0 Å². The number of ether oxygens (including phenoxy) is 1. The van der Waals surface area contributed by atoms with Crippen LogP contribution in [0.3, 0.4) is 0 Å². The number of aryl methyl sites for hydroxylation is 1. The lowest BCUT2D eigenvalue weighted by Gasteiger charge is -2.05. The van der Waals surface area contributed by atoms with Gasteiger partial charge in [-0.3, -0.25) is 0 Å². The molecular formula is C13H15N3O2S. The van der Waals surface area contributed by atoms with Crippen LogP contribution in [0.15, 0.2) is 29.4 Å². The highest BCUT2D eigenvalue weighted by Crippen LogP contribution is 2.18. The maximum absolute atomic E-state index is 11.7. The fourth-order valence-corrected chi connectivity index (χ4v) is 1.95. The monoisotopic (exact) mass is 277 g/mol. The smallest absolute Gasteiger partial charge is 0.342 e. The van der Waals surface area contributed by atoms with Crippen molar-refractivity contribution in [1.29, 1.82) is 0 Å². The quantitative estimate of drug-likeness (QED) is 0.688. The molecule has 2 rings (SSSR count). The largest absolute Gasteiger partial charge is 0.462 e. The lowest BCUT2D eigenvalue weighted by Crippen LogP contribution is -2.06. The first-order valence-corrected chi connectivity index (χ1v) is 6.52. The van der Waals surface area contributed by atoms with Crippen LogP contribution >= 0.6 is 12.6 Å². The van der Waals surface area contributed by atoms with E-state index >= 15 is 0 Å². The second kappa shape index (κ2) is 5.88. The summed E-state index contributed by atoms with van der Waals surface area (Å²) in [6.07, 6.45) is 2.28. The summed E-state index contributed by atoms with van der Waals surface area (Å²) in [6.45, 7) is 4.11. The Bertz CT molecular complexity index is 595. The Kier molecular flexibility index (Phi) is 4.21.